The number of nitro groups is 1. The average molecular weight is 303 g/mol. The van der Waals surface area contributed by atoms with Crippen LogP contribution >= 0.6 is 11.6 Å². The van der Waals surface area contributed by atoms with E-state index in [2.05, 4.69) is 15.0 Å². The zero-order valence-electron chi connectivity index (χ0n) is 10.4. The lowest BCUT2D eigenvalue weighted by molar-refractivity contribution is -0.386. The molecule has 0 saturated heterocycles. The minimum absolute atomic E-state index is 0.135. The van der Waals surface area contributed by atoms with Crippen LogP contribution in [0.4, 0.5) is 5.69 Å². The summed E-state index contributed by atoms with van der Waals surface area (Å²) >= 11 is 5.67. The molecule has 8 heteroatoms. The van der Waals surface area contributed by atoms with Crippen LogP contribution in [0.2, 0.25) is 5.28 Å². The van der Waals surface area contributed by atoms with Gasteiger partial charge in [-0.1, -0.05) is 18.2 Å². The molecule has 3 rings (SSSR count). The summed E-state index contributed by atoms with van der Waals surface area (Å²) in [6.45, 7) is 0. The number of benzene rings is 1. The molecule has 21 heavy (non-hydrogen) atoms. The molecule has 7 nitrogen and oxygen atoms in total. The first kappa shape index (κ1) is 13.2. The first-order valence-electron chi connectivity index (χ1n) is 5.83. The molecule has 0 aliphatic heterocycles. The lowest BCUT2D eigenvalue weighted by Crippen LogP contribution is -1.98. The Morgan fingerprint density at radius 1 is 1.19 bits per heavy atom. The normalized spacial score (nSPS) is 10.5. The van der Waals surface area contributed by atoms with Crippen LogP contribution in [0.3, 0.4) is 0 Å². The second kappa shape index (κ2) is 5.29. The van der Waals surface area contributed by atoms with Crippen molar-refractivity contribution >= 4 is 28.2 Å². The van der Waals surface area contributed by atoms with Crippen LogP contribution in [-0.4, -0.2) is 19.9 Å². The molecule has 0 unspecified atom stereocenters. The smallest absolute Gasteiger partial charge is 0.349 e. The quantitative estimate of drug-likeness (QED) is 0.418. The van der Waals surface area contributed by atoms with Gasteiger partial charge in [-0.2, -0.15) is 4.98 Å². The molecule has 2 heterocycles. The van der Waals surface area contributed by atoms with Crippen molar-refractivity contribution < 1.29 is 9.66 Å². The van der Waals surface area contributed by atoms with E-state index in [1.165, 1.54) is 0 Å². The Balaban J connectivity index is 2.11. The van der Waals surface area contributed by atoms with Gasteiger partial charge in [0, 0.05) is 11.6 Å². The summed E-state index contributed by atoms with van der Waals surface area (Å²) in [6, 6.07) is 8.91. The van der Waals surface area contributed by atoms with Crippen molar-refractivity contribution in [2.45, 2.75) is 0 Å². The maximum absolute atomic E-state index is 11.0. The highest BCUT2D eigenvalue weighted by Gasteiger charge is 2.20. The molecule has 3 aromatic rings. The number of hydrogen-bond donors (Lipinski definition) is 0. The van der Waals surface area contributed by atoms with E-state index in [9.17, 15) is 10.1 Å². The van der Waals surface area contributed by atoms with Gasteiger partial charge in [-0.3, -0.25) is 15.1 Å². The van der Waals surface area contributed by atoms with E-state index < -0.39 is 4.92 Å². The van der Waals surface area contributed by atoms with Gasteiger partial charge in [-0.05, 0) is 23.7 Å². The number of halogens is 1. The van der Waals surface area contributed by atoms with Gasteiger partial charge in [-0.25, -0.2) is 4.98 Å². The number of nitrogens with zero attached hydrogens (tertiary/aromatic N) is 4. The van der Waals surface area contributed by atoms with Crippen LogP contribution in [0, 0.1) is 10.1 Å². The van der Waals surface area contributed by atoms with Gasteiger partial charge < -0.3 is 4.74 Å². The molecule has 0 N–H and O–H groups in total. The number of para-hydroxylation sites is 1. The Labute approximate surface area is 123 Å². The molecule has 0 aliphatic carbocycles. The summed E-state index contributed by atoms with van der Waals surface area (Å²) in [6.07, 6.45) is 2.61. The van der Waals surface area contributed by atoms with Gasteiger partial charge in [0.1, 0.15) is 11.7 Å². The Bertz CT molecular complexity index is 835. The number of pyridine rings is 1. The Morgan fingerprint density at radius 2 is 2.00 bits per heavy atom. The van der Waals surface area contributed by atoms with Crippen molar-refractivity contribution in [3.63, 3.8) is 0 Å². The topological polar surface area (TPSA) is 91.0 Å². The van der Waals surface area contributed by atoms with Crippen molar-refractivity contribution in [3.8, 4) is 11.6 Å². The molecule has 1 aromatic carbocycles. The second-order valence-electron chi connectivity index (χ2n) is 4.02. The number of rotatable bonds is 3. The minimum atomic E-state index is -0.635. The fourth-order valence-corrected chi connectivity index (χ4v) is 1.93. The first-order chi connectivity index (χ1) is 10.1. The fourth-order valence-electron chi connectivity index (χ4n) is 1.80. The molecule has 2 aromatic heterocycles. The van der Waals surface area contributed by atoms with Crippen LogP contribution < -0.4 is 4.74 Å². The number of ether oxygens (including phenoxy) is 1. The second-order valence-corrected chi connectivity index (χ2v) is 4.36. The van der Waals surface area contributed by atoms with Gasteiger partial charge in [0.25, 0.3) is 0 Å². The van der Waals surface area contributed by atoms with E-state index in [4.69, 9.17) is 16.3 Å². The maximum Gasteiger partial charge on any atom is 0.349 e. The van der Waals surface area contributed by atoms with Crippen molar-refractivity contribution in [3.05, 3.63) is 58.1 Å². The third kappa shape index (κ3) is 2.59. The maximum atomic E-state index is 11.0. The van der Waals surface area contributed by atoms with Crippen LogP contribution in [0.5, 0.6) is 11.6 Å². The van der Waals surface area contributed by atoms with Gasteiger partial charge in [0.2, 0.25) is 5.28 Å². The van der Waals surface area contributed by atoms with Crippen LogP contribution in [0.15, 0.2) is 42.7 Å². The largest absolute Gasteiger partial charge is 0.431 e. The third-order valence-corrected chi connectivity index (χ3v) is 2.89. The summed E-state index contributed by atoms with van der Waals surface area (Å²) in [5, 5.41) is 11.7. The molecule has 0 bridgehead atoms. The molecule has 0 radical (unpaired) electrons. The Hall–Kier alpha value is -2.80. The molecule has 0 aliphatic rings. The first-order valence-corrected chi connectivity index (χ1v) is 6.21. The predicted molar refractivity (Wildman–Crippen MR) is 75.5 cm³/mol. The highest BCUT2D eigenvalue weighted by molar-refractivity contribution is 6.28. The Morgan fingerprint density at radius 3 is 2.81 bits per heavy atom. The zero-order valence-corrected chi connectivity index (χ0v) is 11.2. The van der Waals surface area contributed by atoms with E-state index in [1.54, 1.807) is 24.4 Å². The standard InChI is InChI=1S/C13H7ClN4O3/c14-13-16-7-9(18(19)20)12(17-13)21-10-5-1-3-8-4-2-6-15-11(8)10/h1-7H. The lowest BCUT2D eigenvalue weighted by Gasteiger charge is -2.07. The Kier molecular flexibility index (Phi) is 3.33. The highest BCUT2D eigenvalue weighted by atomic mass is 35.5. The van der Waals surface area contributed by atoms with Crippen LogP contribution in [0.25, 0.3) is 10.9 Å². The lowest BCUT2D eigenvalue weighted by atomic mass is 10.2. The molecular weight excluding hydrogens is 296 g/mol. The van der Waals surface area contributed by atoms with Crippen molar-refractivity contribution in [2.24, 2.45) is 0 Å². The molecule has 0 spiro atoms. The number of hydrogen-bond acceptors (Lipinski definition) is 6. The number of aromatic nitrogens is 3. The minimum Gasteiger partial charge on any atom is -0.431 e. The molecule has 0 atom stereocenters. The average Bonchev–Trinajstić information content (AvgIpc) is 2.47. The highest BCUT2D eigenvalue weighted by Crippen LogP contribution is 2.32. The summed E-state index contributed by atoms with van der Waals surface area (Å²) < 4.78 is 5.53. The van der Waals surface area contributed by atoms with E-state index >= 15 is 0 Å². The van der Waals surface area contributed by atoms with Gasteiger partial charge >= 0.3 is 11.6 Å². The molecule has 0 amide bonds. The molecule has 104 valence electrons. The van der Waals surface area contributed by atoms with Gasteiger partial charge in [-0.15, -0.1) is 0 Å². The van der Waals surface area contributed by atoms with Gasteiger partial charge in [0.05, 0.1) is 4.92 Å². The summed E-state index contributed by atoms with van der Waals surface area (Å²) in [5.74, 6) is 0.129. The van der Waals surface area contributed by atoms with E-state index in [0.29, 0.717) is 11.3 Å². The van der Waals surface area contributed by atoms with Crippen LogP contribution in [-0.2, 0) is 0 Å². The van der Waals surface area contributed by atoms with Crippen molar-refractivity contribution in [1.29, 1.82) is 0 Å². The van der Waals surface area contributed by atoms with Crippen LogP contribution in [0.1, 0.15) is 0 Å². The van der Waals surface area contributed by atoms with Crippen molar-refractivity contribution in [1.82, 2.24) is 15.0 Å². The molecule has 0 fully saturated rings. The summed E-state index contributed by atoms with van der Waals surface area (Å²) in [4.78, 5) is 21.9. The monoisotopic (exact) mass is 302 g/mol. The van der Waals surface area contributed by atoms with Crippen molar-refractivity contribution in [2.75, 3.05) is 0 Å². The van der Waals surface area contributed by atoms with Gasteiger partial charge in [0.15, 0.2) is 5.75 Å². The summed E-state index contributed by atoms with van der Waals surface area (Å²) in [5.41, 5.74) is 0.205. The molecular formula is C13H7ClN4O3. The van der Waals surface area contributed by atoms with E-state index in [1.807, 2.05) is 12.1 Å². The predicted octanol–water partition coefficient (Wildman–Crippen LogP) is 3.38. The van der Waals surface area contributed by atoms with E-state index in [0.717, 1.165) is 11.6 Å². The number of fused-ring (bicyclic) bond motifs is 1. The SMILES string of the molecule is O=[N+]([O-])c1cnc(Cl)nc1Oc1cccc2cccnc12. The molecule has 0 saturated carbocycles. The third-order valence-electron chi connectivity index (χ3n) is 2.71. The fraction of sp³-hybridized carbons (Fsp3) is 0. The summed E-state index contributed by atoms with van der Waals surface area (Å²) in [7, 11) is 0. The zero-order chi connectivity index (χ0) is 14.8. The van der Waals surface area contributed by atoms with E-state index in [-0.39, 0.29) is 16.9 Å².